The number of benzene rings is 1. The second-order valence-electron chi connectivity index (χ2n) is 7.00. The molecule has 0 amide bonds. The Morgan fingerprint density at radius 1 is 1.07 bits per heavy atom. The Balaban J connectivity index is 1.60. The summed E-state index contributed by atoms with van der Waals surface area (Å²) in [6.45, 7) is 5.97. The van der Waals surface area contributed by atoms with Crippen molar-refractivity contribution in [2.75, 3.05) is 29.4 Å². The second kappa shape index (κ2) is 8.08. The quantitative estimate of drug-likeness (QED) is 0.571. The Bertz CT molecular complexity index is 1050. The zero-order chi connectivity index (χ0) is 20.5. The first-order valence-electron chi connectivity index (χ1n) is 9.21. The van der Waals surface area contributed by atoms with Crippen LogP contribution in [0, 0.1) is 12.7 Å². The molecule has 0 aliphatic carbocycles. The highest BCUT2D eigenvalue weighted by atomic mass is 35.5. The summed E-state index contributed by atoms with van der Waals surface area (Å²) in [6, 6.07) is 6.92. The van der Waals surface area contributed by atoms with Gasteiger partial charge in [0, 0.05) is 49.7 Å². The molecular formula is C20H19Cl2FN6. The minimum Gasteiger partial charge on any atom is -0.350 e. The molecule has 6 nitrogen and oxygen atoms in total. The standard InChI is InChI=1S/C20H19Cl2FN6/c1-12-9-14(3-4-15(12)23)16-10-17(27-20(22)26-16)29-8-7-28(11-13(29)2)19-18(21)24-5-6-25-19/h3-6,9-10,13H,7-8,11H2,1-2H3/t13-/m1/s1. The highest BCUT2D eigenvalue weighted by Crippen LogP contribution is 2.29. The summed E-state index contributed by atoms with van der Waals surface area (Å²) in [7, 11) is 0. The summed E-state index contributed by atoms with van der Waals surface area (Å²) in [5.74, 6) is 1.17. The third-order valence-electron chi connectivity index (χ3n) is 5.00. The van der Waals surface area contributed by atoms with Crippen LogP contribution in [-0.4, -0.2) is 45.6 Å². The SMILES string of the molecule is Cc1cc(-c2cc(N3CCN(c4nccnc4Cl)C[C@H]3C)nc(Cl)n2)ccc1F. The van der Waals surface area contributed by atoms with Crippen LogP contribution in [-0.2, 0) is 0 Å². The molecule has 0 radical (unpaired) electrons. The highest BCUT2D eigenvalue weighted by molar-refractivity contribution is 6.31. The van der Waals surface area contributed by atoms with Crippen LogP contribution in [0.2, 0.25) is 10.4 Å². The van der Waals surface area contributed by atoms with Gasteiger partial charge in [0.05, 0.1) is 5.69 Å². The Morgan fingerprint density at radius 2 is 1.86 bits per heavy atom. The maximum absolute atomic E-state index is 13.6. The zero-order valence-corrected chi connectivity index (χ0v) is 17.5. The van der Waals surface area contributed by atoms with Gasteiger partial charge in [-0.25, -0.2) is 24.3 Å². The Labute approximate surface area is 178 Å². The van der Waals surface area contributed by atoms with E-state index in [9.17, 15) is 4.39 Å². The predicted octanol–water partition coefficient (Wildman–Crippen LogP) is 4.40. The second-order valence-corrected chi connectivity index (χ2v) is 7.70. The summed E-state index contributed by atoms with van der Waals surface area (Å²) < 4.78 is 13.6. The highest BCUT2D eigenvalue weighted by Gasteiger charge is 2.27. The van der Waals surface area contributed by atoms with Gasteiger partial charge >= 0.3 is 0 Å². The number of piperazine rings is 1. The van der Waals surface area contributed by atoms with Gasteiger partial charge in [0.1, 0.15) is 11.6 Å². The topological polar surface area (TPSA) is 58.0 Å². The maximum atomic E-state index is 13.6. The Kier molecular flexibility index (Phi) is 5.52. The van der Waals surface area contributed by atoms with Crippen molar-refractivity contribution >= 4 is 34.8 Å². The van der Waals surface area contributed by atoms with Crippen molar-refractivity contribution in [3.63, 3.8) is 0 Å². The van der Waals surface area contributed by atoms with E-state index in [1.54, 1.807) is 31.5 Å². The molecule has 0 unspecified atom stereocenters. The normalized spacial score (nSPS) is 16.9. The molecule has 9 heteroatoms. The van der Waals surface area contributed by atoms with Crippen LogP contribution < -0.4 is 9.80 Å². The lowest BCUT2D eigenvalue weighted by Gasteiger charge is -2.41. The molecule has 1 aromatic carbocycles. The molecule has 1 saturated heterocycles. The molecule has 1 fully saturated rings. The molecule has 4 rings (SSSR count). The number of aromatic nitrogens is 4. The van der Waals surface area contributed by atoms with Crippen LogP contribution in [0.25, 0.3) is 11.3 Å². The summed E-state index contributed by atoms with van der Waals surface area (Å²) in [6.07, 6.45) is 3.21. The van der Waals surface area contributed by atoms with Gasteiger partial charge in [-0.05, 0) is 49.2 Å². The molecule has 3 aromatic rings. The lowest BCUT2D eigenvalue weighted by molar-refractivity contribution is 0.542. The fourth-order valence-corrected chi connectivity index (χ4v) is 3.92. The minimum atomic E-state index is -0.249. The van der Waals surface area contributed by atoms with Gasteiger partial charge in [-0.15, -0.1) is 0 Å². The molecule has 0 spiro atoms. The van der Waals surface area contributed by atoms with Crippen molar-refractivity contribution < 1.29 is 4.39 Å². The Hall–Kier alpha value is -2.51. The molecule has 150 valence electrons. The molecule has 1 aliphatic heterocycles. The molecule has 3 heterocycles. The summed E-state index contributed by atoms with van der Waals surface area (Å²) in [5.41, 5.74) is 2.02. The van der Waals surface area contributed by atoms with Crippen molar-refractivity contribution in [2.24, 2.45) is 0 Å². The van der Waals surface area contributed by atoms with Crippen molar-refractivity contribution in [3.05, 3.63) is 58.5 Å². The van der Waals surface area contributed by atoms with Gasteiger partial charge in [-0.1, -0.05) is 11.6 Å². The molecule has 0 saturated carbocycles. The smallest absolute Gasteiger partial charge is 0.224 e. The molecule has 0 N–H and O–H groups in total. The number of rotatable bonds is 3. The Morgan fingerprint density at radius 3 is 2.59 bits per heavy atom. The first kappa shape index (κ1) is 19.8. The van der Waals surface area contributed by atoms with E-state index >= 15 is 0 Å². The molecule has 1 atom stereocenters. The van der Waals surface area contributed by atoms with Crippen LogP contribution in [0.4, 0.5) is 16.0 Å². The van der Waals surface area contributed by atoms with E-state index in [0.29, 0.717) is 35.3 Å². The van der Waals surface area contributed by atoms with Crippen molar-refractivity contribution in [3.8, 4) is 11.3 Å². The van der Waals surface area contributed by atoms with E-state index in [4.69, 9.17) is 23.2 Å². The van der Waals surface area contributed by atoms with Gasteiger partial charge in [0.25, 0.3) is 0 Å². The van der Waals surface area contributed by atoms with Gasteiger partial charge in [0.2, 0.25) is 5.28 Å². The molecule has 1 aliphatic rings. The average molecular weight is 433 g/mol. The molecular weight excluding hydrogens is 414 g/mol. The van der Waals surface area contributed by atoms with E-state index in [1.165, 1.54) is 6.07 Å². The van der Waals surface area contributed by atoms with E-state index in [0.717, 1.165) is 17.9 Å². The average Bonchev–Trinajstić information content (AvgIpc) is 2.70. The van der Waals surface area contributed by atoms with Gasteiger partial charge in [-0.3, -0.25) is 0 Å². The fraction of sp³-hybridized carbons (Fsp3) is 0.300. The number of nitrogens with zero attached hydrogens (tertiary/aromatic N) is 6. The van der Waals surface area contributed by atoms with E-state index in [-0.39, 0.29) is 17.1 Å². The van der Waals surface area contributed by atoms with Crippen molar-refractivity contribution in [1.29, 1.82) is 0 Å². The maximum Gasteiger partial charge on any atom is 0.224 e. The first-order valence-corrected chi connectivity index (χ1v) is 9.97. The number of hydrogen-bond acceptors (Lipinski definition) is 6. The number of hydrogen-bond donors (Lipinski definition) is 0. The van der Waals surface area contributed by atoms with Gasteiger partial charge in [-0.2, -0.15) is 0 Å². The fourth-order valence-electron chi connectivity index (χ4n) is 3.52. The van der Waals surface area contributed by atoms with Gasteiger partial charge < -0.3 is 9.80 Å². The first-order chi connectivity index (χ1) is 13.9. The minimum absolute atomic E-state index is 0.135. The van der Waals surface area contributed by atoms with Crippen LogP contribution >= 0.6 is 23.2 Å². The summed E-state index contributed by atoms with van der Waals surface area (Å²) >= 11 is 12.4. The zero-order valence-electron chi connectivity index (χ0n) is 16.0. The van der Waals surface area contributed by atoms with Crippen LogP contribution in [0.5, 0.6) is 0 Å². The van der Waals surface area contributed by atoms with Crippen LogP contribution in [0.1, 0.15) is 12.5 Å². The largest absolute Gasteiger partial charge is 0.350 e. The summed E-state index contributed by atoms with van der Waals surface area (Å²) in [5, 5.41) is 0.554. The number of halogens is 3. The van der Waals surface area contributed by atoms with Crippen LogP contribution in [0.3, 0.4) is 0 Å². The third kappa shape index (κ3) is 4.11. The van der Waals surface area contributed by atoms with E-state index < -0.39 is 0 Å². The third-order valence-corrected chi connectivity index (χ3v) is 5.43. The van der Waals surface area contributed by atoms with E-state index in [1.807, 2.05) is 6.07 Å². The molecule has 2 aromatic heterocycles. The number of anilines is 2. The lowest BCUT2D eigenvalue weighted by atomic mass is 10.1. The number of aryl methyl sites for hydroxylation is 1. The monoisotopic (exact) mass is 432 g/mol. The van der Waals surface area contributed by atoms with Gasteiger partial charge in [0.15, 0.2) is 11.0 Å². The van der Waals surface area contributed by atoms with Crippen molar-refractivity contribution in [2.45, 2.75) is 19.9 Å². The lowest BCUT2D eigenvalue weighted by Crippen LogP contribution is -2.52. The van der Waals surface area contributed by atoms with Crippen LogP contribution in [0.15, 0.2) is 36.7 Å². The summed E-state index contributed by atoms with van der Waals surface area (Å²) in [4.78, 5) is 21.5. The molecule has 29 heavy (non-hydrogen) atoms. The van der Waals surface area contributed by atoms with Crippen molar-refractivity contribution in [1.82, 2.24) is 19.9 Å². The van der Waals surface area contributed by atoms with E-state index in [2.05, 4.69) is 36.7 Å². The molecule has 0 bridgehead atoms. The predicted molar refractivity (Wildman–Crippen MR) is 113 cm³/mol.